The lowest BCUT2D eigenvalue weighted by Crippen LogP contribution is -2.57. The third-order valence-electron chi connectivity index (χ3n) is 8.87. The van der Waals surface area contributed by atoms with Crippen LogP contribution in [0.1, 0.15) is 38.2 Å². The molecule has 0 atom stereocenters. The van der Waals surface area contributed by atoms with Crippen LogP contribution in [0.4, 0.5) is 0 Å². The summed E-state index contributed by atoms with van der Waals surface area (Å²) >= 11 is 0. The van der Waals surface area contributed by atoms with E-state index in [-0.39, 0.29) is 58.5 Å². The predicted octanol–water partition coefficient (Wildman–Crippen LogP) is -8.05. The van der Waals surface area contributed by atoms with E-state index in [1.807, 2.05) is 35.2 Å². The molecule has 0 bridgehead atoms. The third-order valence-corrected chi connectivity index (χ3v) is 8.87. The molecule has 4 amide bonds. The quantitative estimate of drug-likeness (QED) is 0.0319. The number of nitrogens with one attached hydrogen (secondary N) is 5. The Hall–Kier alpha value is -3.50. The van der Waals surface area contributed by atoms with Gasteiger partial charge in [0.1, 0.15) is 22.2 Å². The first-order valence-electron chi connectivity index (χ1n) is 19.2. The van der Waals surface area contributed by atoms with E-state index in [9.17, 15) is 49.8 Å². The van der Waals surface area contributed by atoms with Gasteiger partial charge in [-0.1, -0.05) is 30.3 Å². The van der Waals surface area contributed by atoms with Gasteiger partial charge in [-0.3, -0.25) is 24.1 Å². The van der Waals surface area contributed by atoms with Gasteiger partial charge in [-0.25, -0.2) is 0 Å². The SMILES string of the molecule is CCO.O=C(CCN(CCC(=O)NC(CO)(CO)CO)Cc1ccccc1)NC(CO)(CO)CO.O=C(CCNCCC(=O)NC(CO)(CO)CO)NC(CO)(CO)CO. The van der Waals surface area contributed by atoms with Crippen molar-refractivity contribution in [2.45, 2.75) is 61.3 Å². The fourth-order valence-corrected chi connectivity index (χ4v) is 4.67. The maximum absolute atomic E-state index is 12.3. The highest BCUT2D eigenvalue weighted by Gasteiger charge is 2.32. The van der Waals surface area contributed by atoms with E-state index in [1.165, 1.54) is 0 Å². The molecule has 18 N–H and O–H groups in total. The number of benzene rings is 1. The molecule has 0 aliphatic heterocycles. The van der Waals surface area contributed by atoms with Crippen LogP contribution in [0.25, 0.3) is 0 Å². The molecule has 0 heterocycles. The van der Waals surface area contributed by atoms with Crippen LogP contribution in [0.5, 0.6) is 0 Å². The van der Waals surface area contributed by atoms with Gasteiger partial charge in [0.2, 0.25) is 23.6 Å². The first-order valence-corrected chi connectivity index (χ1v) is 19.2. The molecular weight excluding hydrogens is 800 g/mol. The number of amides is 4. The van der Waals surface area contributed by atoms with Crippen LogP contribution in [0.3, 0.4) is 0 Å². The molecular formula is C37H70N6O17. The minimum Gasteiger partial charge on any atom is -0.397 e. The zero-order valence-electron chi connectivity index (χ0n) is 34.3. The normalized spacial score (nSPS) is 11.8. The van der Waals surface area contributed by atoms with Crippen molar-refractivity contribution in [1.82, 2.24) is 31.5 Å². The standard InChI is InChI=1S/C21H35N3O8.C14H29N3O8.C2H6O/c25-11-20(12-26,13-27)22-18(31)6-8-24(10-17-4-2-1-3-5-17)9-7-19(32)23-21(14-28,15-29)16-30;18-5-13(6-19,7-20)16-11(24)1-3-15-4-2-12(25)17-14(8-21,9-22)10-23;1-2-3/h1-5,25-30H,6-16H2,(H,22,31)(H,23,32);15,18-23H,1-10H2,(H,16,24)(H,17,25);3H,2H2,1H3. The summed E-state index contributed by atoms with van der Waals surface area (Å²) in [6.07, 6.45) is -0.0252. The fraction of sp³-hybridized carbons (Fsp3) is 0.730. The van der Waals surface area contributed by atoms with E-state index in [0.29, 0.717) is 6.54 Å². The molecule has 0 radical (unpaired) electrons. The predicted molar refractivity (Wildman–Crippen MR) is 214 cm³/mol. The van der Waals surface area contributed by atoms with Gasteiger partial charge in [0, 0.05) is 65.0 Å². The van der Waals surface area contributed by atoms with Crippen LogP contribution in [0.2, 0.25) is 0 Å². The molecule has 0 spiro atoms. The molecule has 23 heteroatoms. The molecule has 0 aliphatic carbocycles. The van der Waals surface area contributed by atoms with Crippen molar-refractivity contribution in [3.8, 4) is 0 Å². The second-order valence-electron chi connectivity index (χ2n) is 14.0. The Morgan fingerprint density at radius 3 is 0.950 bits per heavy atom. The summed E-state index contributed by atoms with van der Waals surface area (Å²) in [7, 11) is 0. The average molecular weight is 871 g/mol. The van der Waals surface area contributed by atoms with Crippen molar-refractivity contribution < 1.29 is 85.6 Å². The second-order valence-corrected chi connectivity index (χ2v) is 14.0. The number of hydrogen-bond donors (Lipinski definition) is 18. The molecule has 1 rings (SSSR count). The number of carbonyl (C=O) groups excluding carboxylic acids is 4. The monoisotopic (exact) mass is 870 g/mol. The Morgan fingerprint density at radius 2 is 0.700 bits per heavy atom. The Balaban J connectivity index is 0. The van der Waals surface area contributed by atoms with Gasteiger partial charge in [0.15, 0.2) is 0 Å². The Labute approximate surface area is 349 Å². The average Bonchev–Trinajstić information content (AvgIpc) is 3.27. The van der Waals surface area contributed by atoms with Gasteiger partial charge in [-0.05, 0) is 12.5 Å². The lowest BCUT2D eigenvalue weighted by molar-refractivity contribution is -0.127. The number of carbonyl (C=O) groups is 4. The van der Waals surface area contributed by atoms with Crippen molar-refractivity contribution in [2.75, 3.05) is 112 Å². The van der Waals surface area contributed by atoms with Crippen LogP contribution in [0, 0.1) is 0 Å². The molecule has 0 unspecified atom stereocenters. The molecule has 0 saturated heterocycles. The Kier molecular flexibility index (Phi) is 32.4. The van der Waals surface area contributed by atoms with Gasteiger partial charge < -0.3 is 93.0 Å². The van der Waals surface area contributed by atoms with Gasteiger partial charge in [0.05, 0.1) is 79.3 Å². The first-order chi connectivity index (χ1) is 28.6. The Morgan fingerprint density at radius 1 is 0.450 bits per heavy atom. The van der Waals surface area contributed by atoms with Gasteiger partial charge >= 0.3 is 0 Å². The fourth-order valence-electron chi connectivity index (χ4n) is 4.67. The molecule has 0 fully saturated rings. The van der Waals surface area contributed by atoms with E-state index in [0.717, 1.165) is 5.56 Å². The second kappa shape index (κ2) is 33.2. The molecule has 23 nitrogen and oxygen atoms in total. The molecule has 0 aromatic heterocycles. The highest BCUT2D eigenvalue weighted by molar-refractivity contribution is 5.78. The summed E-state index contributed by atoms with van der Waals surface area (Å²) in [5.74, 6) is -1.95. The van der Waals surface area contributed by atoms with Crippen molar-refractivity contribution in [1.29, 1.82) is 0 Å². The lowest BCUT2D eigenvalue weighted by Gasteiger charge is -2.30. The number of aliphatic hydroxyl groups excluding tert-OH is 13. The molecule has 60 heavy (non-hydrogen) atoms. The smallest absolute Gasteiger partial charge is 0.221 e. The van der Waals surface area contributed by atoms with Gasteiger partial charge in [-0.15, -0.1) is 0 Å². The zero-order chi connectivity index (χ0) is 46.1. The topological polar surface area (TPSA) is 395 Å². The summed E-state index contributed by atoms with van der Waals surface area (Å²) in [4.78, 5) is 49.8. The number of hydrogen-bond acceptors (Lipinski definition) is 19. The first kappa shape index (κ1) is 58.6. The largest absolute Gasteiger partial charge is 0.397 e. The summed E-state index contributed by atoms with van der Waals surface area (Å²) in [5, 5.41) is 131. The summed E-state index contributed by atoms with van der Waals surface area (Å²) in [6, 6.07) is 9.39. The molecule has 1 aromatic carbocycles. The van der Waals surface area contributed by atoms with E-state index >= 15 is 0 Å². The minimum absolute atomic E-state index is 0.00275. The molecule has 350 valence electrons. The van der Waals surface area contributed by atoms with E-state index in [4.69, 9.17) is 35.7 Å². The van der Waals surface area contributed by atoms with Gasteiger partial charge in [0.25, 0.3) is 0 Å². The summed E-state index contributed by atoms with van der Waals surface area (Å²) < 4.78 is 0. The van der Waals surface area contributed by atoms with Crippen LogP contribution in [-0.2, 0) is 25.7 Å². The third kappa shape index (κ3) is 22.9. The Bertz CT molecular complexity index is 1180. The molecule has 0 aliphatic rings. The van der Waals surface area contributed by atoms with Crippen molar-refractivity contribution in [3.63, 3.8) is 0 Å². The van der Waals surface area contributed by atoms with Crippen molar-refractivity contribution in [3.05, 3.63) is 35.9 Å². The van der Waals surface area contributed by atoms with Gasteiger partial charge in [-0.2, -0.15) is 0 Å². The minimum atomic E-state index is -1.51. The van der Waals surface area contributed by atoms with Crippen molar-refractivity contribution >= 4 is 23.6 Å². The number of aliphatic hydroxyl groups is 13. The van der Waals surface area contributed by atoms with E-state index < -0.39 is 125 Å². The highest BCUT2D eigenvalue weighted by Crippen LogP contribution is 2.09. The highest BCUT2D eigenvalue weighted by atomic mass is 16.3. The van der Waals surface area contributed by atoms with Crippen LogP contribution >= 0.6 is 0 Å². The summed E-state index contributed by atoms with van der Waals surface area (Å²) in [5.41, 5.74) is -5.01. The van der Waals surface area contributed by atoms with Crippen LogP contribution < -0.4 is 26.6 Å². The molecule has 1 aromatic rings. The number of nitrogens with zero attached hydrogens (tertiary/aromatic N) is 1. The maximum atomic E-state index is 12.3. The zero-order valence-corrected chi connectivity index (χ0v) is 34.3. The van der Waals surface area contributed by atoms with Crippen LogP contribution in [0.15, 0.2) is 30.3 Å². The van der Waals surface area contributed by atoms with Crippen LogP contribution in [-0.4, -0.2) is 229 Å². The van der Waals surface area contributed by atoms with Crippen molar-refractivity contribution in [2.24, 2.45) is 0 Å². The number of rotatable bonds is 30. The van der Waals surface area contributed by atoms with E-state index in [2.05, 4.69) is 26.6 Å². The lowest BCUT2D eigenvalue weighted by atomic mass is 10.0. The van der Waals surface area contributed by atoms with E-state index in [1.54, 1.807) is 6.92 Å². The maximum Gasteiger partial charge on any atom is 0.221 e. The molecule has 0 saturated carbocycles. The summed E-state index contributed by atoms with van der Waals surface area (Å²) in [6.45, 7) is -4.11.